The first-order valence-electron chi connectivity index (χ1n) is 6.53. The van der Waals surface area contributed by atoms with Crippen molar-refractivity contribution < 1.29 is 18.7 Å². The van der Waals surface area contributed by atoms with Crippen LogP contribution in [0.2, 0.25) is 0 Å². The van der Waals surface area contributed by atoms with Gasteiger partial charge in [-0.2, -0.15) is 0 Å². The van der Waals surface area contributed by atoms with Crippen LogP contribution in [0.4, 0.5) is 5.69 Å². The number of hydrogen-bond acceptors (Lipinski definition) is 4. The molecule has 1 aromatic carbocycles. The van der Waals surface area contributed by atoms with Crippen LogP contribution in [0, 0.1) is 0 Å². The molecule has 1 N–H and O–H groups in total. The maximum absolute atomic E-state index is 11.8. The molecule has 1 heterocycles. The molecule has 5 nitrogen and oxygen atoms in total. The van der Waals surface area contributed by atoms with Gasteiger partial charge in [-0.15, -0.1) is 0 Å². The van der Waals surface area contributed by atoms with Gasteiger partial charge in [-0.25, -0.2) is 0 Å². The first-order valence-corrected chi connectivity index (χ1v) is 6.53. The van der Waals surface area contributed by atoms with E-state index in [0.717, 1.165) is 6.42 Å². The highest BCUT2D eigenvalue weighted by Crippen LogP contribution is 2.31. The maximum Gasteiger partial charge on any atom is 0.250 e. The molecule has 20 heavy (non-hydrogen) atoms. The first kappa shape index (κ1) is 14.3. The normalized spacial score (nSPS) is 10.7. The van der Waals surface area contributed by atoms with E-state index in [1.54, 1.807) is 12.1 Å². The third-order valence-corrected chi connectivity index (χ3v) is 2.76. The SMILES string of the molecule is CCCOCC(=O)Nc1c(C(C)=O)oc2ccccc12. The van der Waals surface area contributed by atoms with Crippen LogP contribution in [0.1, 0.15) is 30.8 Å². The predicted octanol–water partition coefficient (Wildman–Crippen LogP) is 3.00. The zero-order chi connectivity index (χ0) is 14.5. The number of carbonyl (C=O) groups excluding carboxylic acids is 2. The predicted molar refractivity (Wildman–Crippen MR) is 76.0 cm³/mol. The Hall–Kier alpha value is -2.14. The number of furan rings is 1. The average Bonchev–Trinajstić information content (AvgIpc) is 2.78. The molecule has 0 bridgehead atoms. The highest BCUT2D eigenvalue weighted by molar-refractivity contribution is 6.10. The Labute approximate surface area is 116 Å². The molecule has 2 rings (SSSR count). The molecule has 0 aliphatic carbocycles. The summed E-state index contributed by atoms with van der Waals surface area (Å²) in [5.74, 6) is -0.367. The second-order valence-corrected chi connectivity index (χ2v) is 4.46. The van der Waals surface area contributed by atoms with E-state index in [4.69, 9.17) is 9.15 Å². The Bertz CT molecular complexity index is 630. The lowest BCUT2D eigenvalue weighted by Crippen LogP contribution is -2.19. The van der Waals surface area contributed by atoms with E-state index in [1.807, 2.05) is 19.1 Å². The Morgan fingerprint density at radius 2 is 2.05 bits per heavy atom. The highest BCUT2D eigenvalue weighted by Gasteiger charge is 2.19. The zero-order valence-electron chi connectivity index (χ0n) is 11.6. The first-order chi connectivity index (χ1) is 9.63. The summed E-state index contributed by atoms with van der Waals surface area (Å²) in [5, 5.41) is 3.41. The molecule has 0 aliphatic heterocycles. The van der Waals surface area contributed by atoms with Gasteiger partial charge in [-0.1, -0.05) is 19.1 Å². The van der Waals surface area contributed by atoms with Gasteiger partial charge in [-0.05, 0) is 18.6 Å². The fourth-order valence-electron chi connectivity index (χ4n) is 1.90. The van der Waals surface area contributed by atoms with Gasteiger partial charge >= 0.3 is 0 Å². The summed E-state index contributed by atoms with van der Waals surface area (Å²) in [6.07, 6.45) is 0.848. The van der Waals surface area contributed by atoms with E-state index in [1.165, 1.54) is 6.92 Å². The number of amides is 1. The molecule has 0 fully saturated rings. The van der Waals surface area contributed by atoms with Crippen molar-refractivity contribution in [1.29, 1.82) is 0 Å². The molecule has 1 aromatic heterocycles. The minimum absolute atomic E-state index is 0.0370. The van der Waals surface area contributed by atoms with Crippen molar-refractivity contribution in [3.63, 3.8) is 0 Å². The Morgan fingerprint density at radius 3 is 2.75 bits per heavy atom. The summed E-state index contributed by atoms with van der Waals surface area (Å²) in [6.45, 7) is 3.86. The topological polar surface area (TPSA) is 68.5 Å². The summed E-state index contributed by atoms with van der Waals surface area (Å²) in [4.78, 5) is 23.4. The second-order valence-electron chi connectivity index (χ2n) is 4.46. The van der Waals surface area contributed by atoms with Crippen molar-refractivity contribution in [3.8, 4) is 0 Å². The van der Waals surface area contributed by atoms with Gasteiger partial charge in [0.1, 0.15) is 12.2 Å². The largest absolute Gasteiger partial charge is 0.451 e. The number of hydrogen-bond donors (Lipinski definition) is 1. The second kappa shape index (κ2) is 6.34. The van der Waals surface area contributed by atoms with Crippen molar-refractivity contribution in [2.75, 3.05) is 18.5 Å². The van der Waals surface area contributed by atoms with Gasteiger partial charge in [0.15, 0.2) is 11.5 Å². The van der Waals surface area contributed by atoms with Crippen LogP contribution in [-0.4, -0.2) is 24.9 Å². The van der Waals surface area contributed by atoms with E-state index < -0.39 is 0 Å². The Morgan fingerprint density at radius 1 is 1.30 bits per heavy atom. The number of ether oxygens (including phenoxy) is 1. The van der Waals surface area contributed by atoms with Gasteiger partial charge < -0.3 is 14.5 Å². The summed E-state index contributed by atoms with van der Waals surface area (Å²) in [5.41, 5.74) is 0.987. The van der Waals surface area contributed by atoms with Crippen LogP contribution in [-0.2, 0) is 9.53 Å². The van der Waals surface area contributed by atoms with Crippen LogP contribution in [0.3, 0.4) is 0 Å². The van der Waals surface area contributed by atoms with Gasteiger partial charge in [-0.3, -0.25) is 9.59 Å². The van der Waals surface area contributed by atoms with E-state index in [-0.39, 0.29) is 24.1 Å². The van der Waals surface area contributed by atoms with Crippen molar-refractivity contribution in [2.45, 2.75) is 20.3 Å². The highest BCUT2D eigenvalue weighted by atomic mass is 16.5. The minimum Gasteiger partial charge on any atom is -0.451 e. The fourth-order valence-corrected chi connectivity index (χ4v) is 1.90. The van der Waals surface area contributed by atoms with Gasteiger partial charge in [0.2, 0.25) is 5.91 Å². The Kier molecular flexibility index (Phi) is 4.53. The molecule has 5 heteroatoms. The molecule has 0 aliphatic rings. The van der Waals surface area contributed by atoms with Crippen LogP contribution in [0.15, 0.2) is 28.7 Å². The molecule has 0 radical (unpaired) electrons. The molecule has 0 saturated carbocycles. The standard InChI is InChI=1S/C15H17NO4/c1-3-8-19-9-13(18)16-14-11-6-4-5-7-12(11)20-15(14)10(2)17/h4-7H,3,8-9H2,1-2H3,(H,16,18). The van der Waals surface area contributed by atoms with Crippen molar-refractivity contribution in [2.24, 2.45) is 0 Å². The number of carbonyl (C=O) groups is 2. The number of nitrogens with one attached hydrogen (secondary N) is 1. The zero-order valence-corrected chi connectivity index (χ0v) is 11.6. The number of ketones is 1. The van der Waals surface area contributed by atoms with Crippen LogP contribution >= 0.6 is 0 Å². The van der Waals surface area contributed by atoms with E-state index in [9.17, 15) is 9.59 Å². The van der Waals surface area contributed by atoms with Gasteiger partial charge in [0, 0.05) is 18.9 Å². The summed E-state index contributed by atoms with van der Waals surface area (Å²) < 4.78 is 10.7. The monoisotopic (exact) mass is 275 g/mol. The summed E-state index contributed by atoms with van der Waals surface area (Å²) in [6, 6.07) is 7.19. The summed E-state index contributed by atoms with van der Waals surface area (Å²) in [7, 11) is 0. The number of anilines is 1. The lowest BCUT2D eigenvalue weighted by molar-refractivity contribution is -0.120. The molecule has 0 unspecified atom stereocenters. The third-order valence-electron chi connectivity index (χ3n) is 2.76. The maximum atomic E-state index is 11.8. The molecule has 106 valence electrons. The third kappa shape index (κ3) is 3.05. The van der Waals surface area contributed by atoms with E-state index >= 15 is 0 Å². The Balaban J connectivity index is 2.25. The average molecular weight is 275 g/mol. The van der Waals surface area contributed by atoms with Crippen molar-refractivity contribution in [1.82, 2.24) is 0 Å². The molecule has 0 spiro atoms. The van der Waals surface area contributed by atoms with Crippen molar-refractivity contribution in [3.05, 3.63) is 30.0 Å². The molecule has 0 saturated heterocycles. The molecular weight excluding hydrogens is 258 g/mol. The number of Topliss-reactive ketones (excluding diaryl/α,β-unsaturated/α-hetero) is 1. The summed E-state index contributed by atoms with van der Waals surface area (Å²) >= 11 is 0. The molecule has 0 atom stereocenters. The molecular formula is C15H17NO4. The number of para-hydroxylation sites is 1. The quantitative estimate of drug-likeness (QED) is 0.650. The number of fused-ring (bicyclic) bond motifs is 1. The van der Waals surface area contributed by atoms with Crippen LogP contribution < -0.4 is 5.32 Å². The van der Waals surface area contributed by atoms with Gasteiger partial charge in [0.05, 0.1) is 5.69 Å². The van der Waals surface area contributed by atoms with E-state index in [2.05, 4.69) is 5.32 Å². The lowest BCUT2D eigenvalue weighted by Gasteiger charge is -2.05. The lowest BCUT2D eigenvalue weighted by atomic mass is 10.2. The minimum atomic E-state index is -0.299. The number of benzene rings is 1. The fraction of sp³-hybridized carbons (Fsp3) is 0.333. The van der Waals surface area contributed by atoms with E-state index in [0.29, 0.717) is 23.3 Å². The van der Waals surface area contributed by atoms with Gasteiger partial charge in [0.25, 0.3) is 0 Å². The smallest absolute Gasteiger partial charge is 0.250 e. The molecule has 2 aromatic rings. The molecule has 1 amide bonds. The van der Waals surface area contributed by atoms with Crippen LogP contribution in [0.25, 0.3) is 11.0 Å². The van der Waals surface area contributed by atoms with Crippen molar-refractivity contribution >= 4 is 28.3 Å². The van der Waals surface area contributed by atoms with Crippen LogP contribution in [0.5, 0.6) is 0 Å². The number of rotatable bonds is 6.